The molecule has 0 spiro atoms. The first-order valence-electron chi connectivity index (χ1n) is 7.09. The van der Waals surface area contributed by atoms with Gasteiger partial charge in [-0.2, -0.15) is 0 Å². The van der Waals surface area contributed by atoms with Crippen LogP contribution in [0.1, 0.15) is 12.5 Å². The van der Waals surface area contributed by atoms with Crippen LogP contribution >= 0.6 is 11.6 Å². The lowest BCUT2D eigenvalue weighted by Gasteiger charge is -2.12. The normalized spacial score (nSPS) is 10.1. The molecule has 0 aliphatic carbocycles. The third kappa shape index (κ3) is 4.15. The lowest BCUT2D eigenvalue weighted by molar-refractivity contribution is -0.114. The third-order valence-corrected chi connectivity index (χ3v) is 3.55. The molecule has 0 saturated carbocycles. The molecule has 4 nitrogen and oxygen atoms in total. The summed E-state index contributed by atoms with van der Waals surface area (Å²) in [5.41, 5.74) is 2.70. The molecule has 2 rings (SSSR count). The number of rotatable bonds is 6. The van der Waals surface area contributed by atoms with E-state index in [0.29, 0.717) is 16.5 Å². The van der Waals surface area contributed by atoms with E-state index in [1.807, 2.05) is 30.3 Å². The molecular weight excluding hydrogens is 300 g/mol. The molecule has 0 radical (unpaired) electrons. The van der Waals surface area contributed by atoms with E-state index < -0.39 is 0 Å². The molecule has 0 fully saturated rings. The number of methoxy groups -OCH3 is 1. The van der Waals surface area contributed by atoms with Crippen molar-refractivity contribution in [1.82, 2.24) is 0 Å². The van der Waals surface area contributed by atoms with Gasteiger partial charge in [-0.1, -0.05) is 36.7 Å². The van der Waals surface area contributed by atoms with E-state index in [4.69, 9.17) is 16.3 Å². The number of carbonyl (C=O) groups excluding carboxylic acids is 1. The van der Waals surface area contributed by atoms with Crippen LogP contribution in [0.5, 0.6) is 5.75 Å². The highest BCUT2D eigenvalue weighted by Crippen LogP contribution is 2.32. The van der Waals surface area contributed by atoms with E-state index in [1.54, 1.807) is 19.2 Å². The van der Waals surface area contributed by atoms with Gasteiger partial charge in [-0.25, -0.2) is 0 Å². The average Bonchev–Trinajstić information content (AvgIpc) is 2.53. The van der Waals surface area contributed by atoms with Gasteiger partial charge in [-0.05, 0) is 36.2 Å². The molecule has 0 heterocycles. The minimum absolute atomic E-state index is 0.131. The summed E-state index contributed by atoms with van der Waals surface area (Å²) in [6.07, 6.45) is 0.977. The number of hydrogen-bond donors (Lipinski definition) is 2. The van der Waals surface area contributed by atoms with Crippen LogP contribution in [-0.4, -0.2) is 19.6 Å². The van der Waals surface area contributed by atoms with Crippen LogP contribution in [-0.2, 0) is 11.2 Å². The number of ether oxygens (including phenoxy) is 1. The first kappa shape index (κ1) is 16.2. The molecule has 2 N–H and O–H groups in total. The van der Waals surface area contributed by atoms with E-state index in [2.05, 4.69) is 17.6 Å². The van der Waals surface area contributed by atoms with Crippen molar-refractivity contribution in [2.45, 2.75) is 13.3 Å². The molecule has 0 saturated heterocycles. The number of halogens is 1. The summed E-state index contributed by atoms with van der Waals surface area (Å²) in [6.45, 7) is 2.22. The second-order valence-electron chi connectivity index (χ2n) is 4.77. The Morgan fingerprint density at radius 1 is 1.18 bits per heavy atom. The van der Waals surface area contributed by atoms with Crippen LogP contribution in [0.15, 0.2) is 42.5 Å². The molecule has 5 heteroatoms. The van der Waals surface area contributed by atoms with Crippen LogP contribution in [0.25, 0.3) is 0 Å². The molecule has 116 valence electrons. The Morgan fingerprint density at radius 2 is 1.91 bits per heavy atom. The Labute approximate surface area is 135 Å². The molecule has 0 unspecified atom stereocenters. The van der Waals surface area contributed by atoms with Crippen molar-refractivity contribution in [3.63, 3.8) is 0 Å². The van der Waals surface area contributed by atoms with Gasteiger partial charge in [0.25, 0.3) is 0 Å². The molecule has 2 aromatic rings. The largest absolute Gasteiger partial charge is 0.493 e. The SMILES string of the molecule is CCc1ccc(NC(=O)CNc2cccc(Cl)c2OC)cc1. The van der Waals surface area contributed by atoms with E-state index in [-0.39, 0.29) is 12.5 Å². The van der Waals surface area contributed by atoms with E-state index >= 15 is 0 Å². The molecule has 2 aromatic carbocycles. The van der Waals surface area contributed by atoms with E-state index in [0.717, 1.165) is 12.1 Å². The standard InChI is InChI=1S/C17H19ClN2O2/c1-3-12-7-9-13(10-8-12)20-16(21)11-19-15-6-4-5-14(18)17(15)22-2/h4-10,19H,3,11H2,1-2H3,(H,20,21). The highest BCUT2D eigenvalue weighted by molar-refractivity contribution is 6.32. The number of carbonyl (C=O) groups is 1. The number of benzene rings is 2. The lowest BCUT2D eigenvalue weighted by atomic mass is 10.1. The predicted molar refractivity (Wildman–Crippen MR) is 90.9 cm³/mol. The van der Waals surface area contributed by atoms with Gasteiger partial charge < -0.3 is 15.4 Å². The molecule has 0 bridgehead atoms. The van der Waals surface area contributed by atoms with Gasteiger partial charge in [-0.3, -0.25) is 4.79 Å². The van der Waals surface area contributed by atoms with Crippen molar-refractivity contribution in [1.29, 1.82) is 0 Å². The quantitative estimate of drug-likeness (QED) is 0.847. The number of para-hydroxylation sites is 1. The van der Waals surface area contributed by atoms with Gasteiger partial charge in [-0.15, -0.1) is 0 Å². The van der Waals surface area contributed by atoms with Crippen LogP contribution < -0.4 is 15.4 Å². The molecule has 0 aliphatic rings. The summed E-state index contributed by atoms with van der Waals surface area (Å²) in [5, 5.41) is 6.37. The monoisotopic (exact) mass is 318 g/mol. The van der Waals surface area contributed by atoms with Gasteiger partial charge in [0.1, 0.15) is 0 Å². The lowest BCUT2D eigenvalue weighted by Crippen LogP contribution is -2.22. The third-order valence-electron chi connectivity index (χ3n) is 3.26. The zero-order valence-corrected chi connectivity index (χ0v) is 13.4. The molecule has 22 heavy (non-hydrogen) atoms. The number of anilines is 2. The molecule has 0 aliphatic heterocycles. The maximum Gasteiger partial charge on any atom is 0.243 e. The zero-order chi connectivity index (χ0) is 15.9. The molecule has 0 aromatic heterocycles. The topological polar surface area (TPSA) is 50.4 Å². The molecular formula is C17H19ClN2O2. The van der Waals surface area contributed by atoms with Crippen molar-refractivity contribution >= 4 is 28.9 Å². The number of hydrogen-bond acceptors (Lipinski definition) is 3. The minimum atomic E-state index is -0.133. The summed E-state index contributed by atoms with van der Waals surface area (Å²) in [7, 11) is 1.54. The Morgan fingerprint density at radius 3 is 2.55 bits per heavy atom. The zero-order valence-electron chi connectivity index (χ0n) is 12.7. The van der Waals surface area contributed by atoms with Crippen molar-refractivity contribution in [2.24, 2.45) is 0 Å². The summed E-state index contributed by atoms with van der Waals surface area (Å²) in [6, 6.07) is 13.2. The first-order valence-corrected chi connectivity index (χ1v) is 7.47. The smallest absolute Gasteiger partial charge is 0.243 e. The van der Waals surface area contributed by atoms with Gasteiger partial charge in [0.15, 0.2) is 5.75 Å². The van der Waals surface area contributed by atoms with Crippen molar-refractivity contribution < 1.29 is 9.53 Å². The minimum Gasteiger partial charge on any atom is -0.493 e. The van der Waals surface area contributed by atoms with Gasteiger partial charge in [0, 0.05) is 5.69 Å². The second kappa shape index (κ2) is 7.71. The Balaban J connectivity index is 1.94. The Bertz CT molecular complexity index is 642. The van der Waals surface area contributed by atoms with E-state index in [1.165, 1.54) is 5.56 Å². The van der Waals surface area contributed by atoms with Crippen molar-refractivity contribution in [3.8, 4) is 5.75 Å². The molecule has 1 amide bonds. The fourth-order valence-corrected chi connectivity index (χ4v) is 2.31. The van der Waals surface area contributed by atoms with Crippen LogP contribution in [0, 0.1) is 0 Å². The average molecular weight is 319 g/mol. The summed E-state index contributed by atoms with van der Waals surface area (Å²) in [5.74, 6) is 0.399. The number of amides is 1. The fourth-order valence-electron chi connectivity index (χ4n) is 2.06. The van der Waals surface area contributed by atoms with Crippen LogP contribution in [0.4, 0.5) is 11.4 Å². The Hall–Kier alpha value is -2.20. The molecule has 0 atom stereocenters. The number of nitrogens with one attached hydrogen (secondary N) is 2. The first-order chi connectivity index (χ1) is 10.6. The van der Waals surface area contributed by atoms with Crippen molar-refractivity contribution in [2.75, 3.05) is 24.3 Å². The van der Waals surface area contributed by atoms with Crippen molar-refractivity contribution in [3.05, 3.63) is 53.1 Å². The van der Waals surface area contributed by atoms with Gasteiger partial charge in [0.2, 0.25) is 5.91 Å². The van der Waals surface area contributed by atoms with Gasteiger partial charge in [0.05, 0.1) is 24.4 Å². The maximum atomic E-state index is 12.0. The van der Waals surface area contributed by atoms with Crippen LogP contribution in [0.2, 0.25) is 5.02 Å². The maximum absolute atomic E-state index is 12.0. The highest BCUT2D eigenvalue weighted by atomic mass is 35.5. The Kier molecular flexibility index (Phi) is 5.67. The second-order valence-corrected chi connectivity index (χ2v) is 5.18. The van der Waals surface area contributed by atoms with Gasteiger partial charge >= 0.3 is 0 Å². The fraction of sp³-hybridized carbons (Fsp3) is 0.235. The summed E-state index contributed by atoms with van der Waals surface area (Å²) in [4.78, 5) is 12.0. The van der Waals surface area contributed by atoms with Crippen LogP contribution in [0.3, 0.4) is 0 Å². The van der Waals surface area contributed by atoms with E-state index in [9.17, 15) is 4.79 Å². The predicted octanol–water partition coefficient (Wildman–Crippen LogP) is 3.96. The highest BCUT2D eigenvalue weighted by Gasteiger charge is 2.08. The summed E-state index contributed by atoms with van der Waals surface area (Å²) >= 11 is 6.04. The summed E-state index contributed by atoms with van der Waals surface area (Å²) < 4.78 is 5.23. The number of aryl methyl sites for hydroxylation is 1.